The highest BCUT2D eigenvalue weighted by Crippen LogP contribution is 2.27. The molecule has 0 unspecified atom stereocenters. The number of fused-ring (bicyclic) bond motifs is 2. The maximum atomic E-state index is 6.17. The van der Waals surface area contributed by atoms with Crippen LogP contribution in [0.3, 0.4) is 0 Å². The second kappa shape index (κ2) is 7.03. The molecule has 0 bridgehead atoms. The average molecular weight is 398 g/mol. The van der Waals surface area contributed by atoms with E-state index in [2.05, 4.69) is 25.4 Å². The van der Waals surface area contributed by atoms with Crippen LogP contribution in [0.5, 0.6) is 0 Å². The van der Waals surface area contributed by atoms with Gasteiger partial charge in [0.1, 0.15) is 5.15 Å². The Morgan fingerprint density at radius 2 is 1.93 bits per heavy atom. The standard InChI is InChI=1S/C19H20ClN7O/c1-28-14-4-2-13(3-5-14)24-18-21-9-16-15(6-7-27(16)25-18)12-8-22-19-23-10-17(20)26(19)11-12/h6-11,13-14H,2-5H2,1H3,(H,24,25)/t13-,14-. The van der Waals surface area contributed by atoms with Crippen molar-refractivity contribution < 1.29 is 4.74 Å². The van der Waals surface area contributed by atoms with Crippen molar-refractivity contribution in [3.05, 3.63) is 42.2 Å². The Bertz CT molecular complexity index is 1130. The molecule has 1 N–H and O–H groups in total. The number of nitrogens with one attached hydrogen (secondary N) is 1. The van der Waals surface area contributed by atoms with Crippen LogP contribution < -0.4 is 5.32 Å². The van der Waals surface area contributed by atoms with E-state index < -0.39 is 0 Å². The summed E-state index contributed by atoms with van der Waals surface area (Å²) >= 11 is 6.17. The van der Waals surface area contributed by atoms with Gasteiger partial charge in [0.25, 0.3) is 0 Å². The summed E-state index contributed by atoms with van der Waals surface area (Å²) in [7, 11) is 1.78. The van der Waals surface area contributed by atoms with Gasteiger partial charge in [-0.2, -0.15) is 0 Å². The fraction of sp³-hybridized carbons (Fsp3) is 0.368. The Labute approximate surface area is 166 Å². The highest BCUT2D eigenvalue weighted by Gasteiger charge is 2.21. The van der Waals surface area contributed by atoms with Crippen LogP contribution in [0.2, 0.25) is 5.15 Å². The number of hydrogen-bond donors (Lipinski definition) is 1. The minimum Gasteiger partial charge on any atom is -0.381 e. The summed E-state index contributed by atoms with van der Waals surface area (Å²) in [5.74, 6) is 1.21. The van der Waals surface area contributed by atoms with E-state index in [0.29, 0.717) is 29.0 Å². The van der Waals surface area contributed by atoms with Gasteiger partial charge in [0, 0.05) is 42.9 Å². The van der Waals surface area contributed by atoms with Crippen molar-refractivity contribution in [1.82, 2.24) is 29.0 Å². The molecule has 0 amide bonds. The molecule has 1 saturated carbocycles. The Morgan fingerprint density at radius 1 is 1.11 bits per heavy atom. The molecule has 0 saturated heterocycles. The van der Waals surface area contributed by atoms with Gasteiger partial charge in [0.05, 0.1) is 24.0 Å². The number of imidazole rings is 1. The van der Waals surface area contributed by atoms with Crippen molar-refractivity contribution in [2.24, 2.45) is 0 Å². The van der Waals surface area contributed by atoms with Gasteiger partial charge in [-0.3, -0.25) is 4.40 Å². The predicted molar refractivity (Wildman–Crippen MR) is 107 cm³/mol. The molecule has 0 aliphatic heterocycles. The van der Waals surface area contributed by atoms with Gasteiger partial charge in [-0.1, -0.05) is 11.6 Å². The molecule has 1 aliphatic carbocycles. The zero-order valence-electron chi connectivity index (χ0n) is 15.4. The second-order valence-electron chi connectivity index (χ2n) is 7.09. The molecule has 0 aromatic carbocycles. The average Bonchev–Trinajstić information content (AvgIpc) is 3.32. The van der Waals surface area contributed by atoms with E-state index in [4.69, 9.17) is 16.3 Å². The first kappa shape index (κ1) is 17.4. The lowest BCUT2D eigenvalue weighted by molar-refractivity contribution is 0.0681. The highest BCUT2D eigenvalue weighted by molar-refractivity contribution is 6.29. The first-order valence-corrected chi connectivity index (χ1v) is 9.72. The molecule has 1 aliphatic rings. The molecule has 4 aromatic rings. The van der Waals surface area contributed by atoms with Crippen molar-refractivity contribution in [1.29, 1.82) is 0 Å². The van der Waals surface area contributed by atoms with E-state index in [-0.39, 0.29) is 0 Å². The summed E-state index contributed by atoms with van der Waals surface area (Å²) in [6.45, 7) is 0. The summed E-state index contributed by atoms with van der Waals surface area (Å²) in [6.07, 6.45) is 13.7. The molecule has 0 radical (unpaired) electrons. The molecule has 0 atom stereocenters. The molecular formula is C19H20ClN7O. The number of ether oxygens (including phenoxy) is 1. The maximum absolute atomic E-state index is 6.17. The number of methoxy groups -OCH3 is 1. The molecule has 8 nitrogen and oxygen atoms in total. The molecule has 5 rings (SSSR count). The Hall–Kier alpha value is -2.71. The monoisotopic (exact) mass is 397 g/mol. The third-order valence-electron chi connectivity index (χ3n) is 5.39. The van der Waals surface area contributed by atoms with Gasteiger partial charge in [-0.15, -0.1) is 5.10 Å². The molecule has 1 fully saturated rings. The van der Waals surface area contributed by atoms with Crippen LogP contribution in [0.4, 0.5) is 5.95 Å². The van der Waals surface area contributed by atoms with E-state index in [9.17, 15) is 0 Å². The maximum Gasteiger partial charge on any atom is 0.241 e. The van der Waals surface area contributed by atoms with Gasteiger partial charge < -0.3 is 10.1 Å². The third kappa shape index (κ3) is 3.08. The van der Waals surface area contributed by atoms with Crippen LogP contribution in [0.25, 0.3) is 22.4 Å². The van der Waals surface area contributed by atoms with Crippen LogP contribution in [-0.4, -0.2) is 48.2 Å². The van der Waals surface area contributed by atoms with Crippen molar-refractivity contribution in [2.75, 3.05) is 12.4 Å². The first-order chi connectivity index (χ1) is 13.7. The van der Waals surface area contributed by atoms with E-state index in [1.165, 1.54) is 0 Å². The summed E-state index contributed by atoms with van der Waals surface area (Å²) in [4.78, 5) is 13.1. The number of anilines is 1. The van der Waals surface area contributed by atoms with E-state index >= 15 is 0 Å². The molecule has 28 heavy (non-hydrogen) atoms. The fourth-order valence-corrected chi connectivity index (χ4v) is 3.99. The molecule has 4 heterocycles. The lowest BCUT2D eigenvalue weighted by atomic mass is 9.93. The van der Waals surface area contributed by atoms with Crippen molar-refractivity contribution >= 4 is 28.8 Å². The lowest BCUT2D eigenvalue weighted by Gasteiger charge is -2.28. The Balaban J connectivity index is 1.41. The largest absolute Gasteiger partial charge is 0.381 e. The quantitative estimate of drug-likeness (QED) is 0.568. The molecule has 144 valence electrons. The lowest BCUT2D eigenvalue weighted by Crippen LogP contribution is -2.30. The molecular weight excluding hydrogens is 378 g/mol. The number of nitrogens with zero attached hydrogens (tertiary/aromatic N) is 6. The van der Waals surface area contributed by atoms with Crippen LogP contribution in [0.15, 0.2) is 37.1 Å². The van der Waals surface area contributed by atoms with E-state index in [0.717, 1.165) is 42.3 Å². The summed E-state index contributed by atoms with van der Waals surface area (Å²) in [5, 5.41) is 8.60. The number of aromatic nitrogens is 6. The predicted octanol–water partition coefficient (Wildman–Crippen LogP) is 3.46. The topological polar surface area (TPSA) is 81.6 Å². The van der Waals surface area contributed by atoms with Crippen LogP contribution in [0.1, 0.15) is 25.7 Å². The summed E-state index contributed by atoms with van der Waals surface area (Å²) < 4.78 is 9.03. The minimum atomic E-state index is 0.378. The van der Waals surface area contributed by atoms with Crippen LogP contribution >= 0.6 is 11.6 Å². The molecule has 4 aromatic heterocycles. The van der Waals surface area contributed by atoms with Gasteiger partial charge in [-0.05, 0) is 31.7 Å². The van der Waals surface area contributed by atoms with E-state index in [1.807, 2.05) is 29.2 Å². The Morgan fingerprint density at radius 3 is 2.75 bits per heavy atom. The normalized spacial score (nSPS) is 20.1. The first-order valence-electron chi connectivity index (χ1n) is 9.34. The molecule has 0 spiro atoms. The number of hydrogen-bond acceptors (Lipinski definition) is 6. The van der Waals surface area contributed by atoms with Crippen molar-refractivity contribution in [2.45, 2.75) is 37.8 Å². The van der Waals surface area contributed by atoms with Crippen LogP contribution in [-0.2, 0) is 4.74 Å². The SMILES string of the molecule is CO[C@H]1CC[C@H](Nc2ncc3c(-c4cnc5ncc(Cl)n5c4)ccn3n2)CC1. The van der Waals surface area contributed by atoms with E-state index in [1.54, 1.807) is 23.9 Å². The van der Waals surface area contributed by atoms with Gasteiger partial charge >= 0.3 is 0 Å². The van der Waals surface area contributed by atoms with Crippen molar-refractivity contribution in [3.63, 3.8) is 0 Å². The fourth-order valence-electron chi connectivity index (χ4n) is 3.82. The number of rotatable bonds is 4. The zero-order chi connectivity index (χ0) is 19.1. The zero-order valence-corrected chi connectivity index (χ0v) is 16.2. The minimum absolute atomic E-state index is 0.378. The third-order valence-corrected chi connectivity index (χ3v) is 5.67. The van der Waals surface area contributed by atoms with Gasteiger partial charge in [-0.25, -0.2) is 19.5 Å². The smallest absolute Gasteiger partial charge is 0.241 e. The molecule has 9 heteroatoms. The Kier molecular flexibility index (Phi) is 4.37. The summed E-state index contributed by atoms with van der Waals surface area (Å²) in [6, 6.07) is 2.39. The second-order valence-corrected chi connectivity index (χ2v) is 7.48. The van der Waals surface area contributed by atoms with Gasteiger partial charge in [0.15, 0.2) is 0 Å². The van der Waals surface area contributed by atoms with Gasteiger partial charge in [0.2, 0.25) is 11.7 Å². The summed E-state index contributed by atoms with van der Waals surface area (Å²) in [5.41, 5.74) is 2.83. The van der Waals surface area contributed by atoms with Crippen molar-refractivity contribution in [3.8, 4) is 11.1 Å². The highest BCUT2D eigenvalue weighted by atomic mass is 35.5. The van der Waals surface area contributed by atoms with Crippen LogP contribution in [0, 0.1) is 0 Å². The number of halogens is 1.